The summed E-state index contributed by atoms with van der Waals surface area (Å²) in [6, 6.07) is 1.10. The molecule has 12 rings (SSSR count). The first-order valence-corrected chi connectivity index (χ1v) is 48.2. The van der Waals surface area contributed by atoms with E-state index in [9.17, 15) is 0 Å². The summed E-state index contributed by atoms with van der Waals surface area (Å²) in [6.07, 6.45) is 24.7. The van der Waals surface area contributed by atoms with Crippen LogP contribution in [0.4, 0.5) is 0 Å². The molecule has 0 aromatic heterocycles. The van der Waals surface area contributed by atoms with E-state index in [0.717, 1.165) is 163 Å². The lowest BCUT2D eigenvalue weighted by molar-refractivity contribution is -0.244. The average molecular weight is 1720 g/mol. The highest BCUT2D eigenvalue weighted by Gasteiger charge is 2.54. The van der Waals surface area contributed by atoms with Gasteiger partial charge in [-0.2, -0.15) is 0 Å². The number of amidine groups is 3. The molecule has 9 saturated heterocycles. The zero-order valence-corrected chi connectivity index (χ0v) is 84.6. The van der Waals surface area contributed by atoms with Crippen molar-refractivity contribution in [2.75, 3.05) is 26.2 Å². The van der Waals surface area contributed by atoms with Crippen LogP contribution in [-0.2, 0) is 14.5 Å². The Hall–Kier alpha value is -4.65. The van der Waals surface area contributed by atoms with Crippen LogP contribution in [0.1, 0.15) is 378 Å². The van der Waals surface area contributed by atoms with Gasteiger partial charge in [-0.3, -0.25) is 0 Å². The summed E-state index contributed by atoms with van der Waals surface area (Å²) in [7, 11) is 0. The van der Waals surface area contributed by atoms with Crippen LogP contribution in [0.5, 0.6) is 0 Å². The Balaban J connectivity index is 0.929. The SMILES string of the molecule is CC1(C)CC(ON2N=C(N(C3CC(C)(C)NC(C)(C)C3)C3CC(C)(C)NC(C)(C)C3)C=C(NCCCN(CCCNC3=CC(N(C4CC(C)(C)NC(C)(C)C4)C4CC(C)(C)NC(C)(C)C4)=NN(OC4CC(C)(C)NC(C)(C)C4)N3)C3=CC(N(C4CC(C)(C)NC(C)(C)C4)C4CC(C)(C)NC(C)(C)C4)=NN(OC4CC(C)(C)NC(C)(C)C4)N3)N2)CC(C)(C)N1. The molecule has 0 atom stereocenters. The first kappa shape index (κ1) is 97.4. The second-order valence-electron chi connectivity index (χ2n) is 52.8. The molecule has 0 saturated carbocycles. The van der Waals surface area contributed by atoms with Gasteiger partial charge in [-0.25, -0.2) is 30.8 Å². The maximum absolute atomic E-state index is 7.45. The monoisotopic (exact) mass is 1720 g/mol. The molecule has 12 aliphatic rings. The van der Waals surface area contributed by atoms with E-state index in [1.807, 2.05) is 0 Å². The van der Waals surface area contributed by atoms with E-state index >= 15 is 0 Å². The van der Waals surface area contributed by atoms with Crippen molar-refractivity contribution >= 4 is 17.5 Å². The molecule has 0 spiro atoms. The van der Waals surface area contributed by atoms with Crippen LogP contribution in [0.25, 0.3) is 0 Å². The lowest BCUT2D eigenvalue weighted by Crippen LogP contribution is -2.68. The number of piperidine rings is 9. The highest BCUT2D eigenvalue weighted by atomic mass is 16.8. The van der Waals surface area contributed by atoms with Crippen molar-refractivity contribution in [3.63, 3.8) is 0 Å². The van der Waals surface area contributed by atoms with Crippen LogP contribution in [0, 0.1) is 0 Å². The third kappa shape index (κ3) is 26.8. The molecule has 14 N–H and O–H groups in total. The van der Waals surface area contributed by atoms with Crippen molar-refractivity contribution < 1.29 is 14.5 Å². The van der Waals surface area contributed by atoms with E-state index in [0.29, 0.717) is 26.2 Å². The van der Waals surface area contributed by atoms with Crippen molar-refractivity contribution in [3.05, 3.63) is 35.7 Å². The van der Waals surface area contributed by atoms with Crippen LogP contribution < -0.4 is 74.8 Å². The molecular formula is C96H182N24O3. The van der Waals surface area contributed by atoms with Crippen LogP contribution in [-0.4, -0.2) is 233 Å². The Bertz CT molecular complexity index is 3460. The predicted molar refractivity (Wildman–Crippen MR) is 506 cm³/mol. The van der Waals surface area contributed by atoms with Gasteiger partial charge < -0.3 is 78.1 Å². The van der Waals surface area contributed by atoms with E-state index in [4.69, 9.17) is 29.8 Å². The second-order valence-corrected chi connectivity index (χ2v) is 52.8. The number of rotatable bonds is 23. The largest absolute Gasteiger partial charge is 0.370 e. The molecule has 0 aromatic rings. The van der Waals surface area contributed by atoms with Crippen molar-refractivity contribution in [2.24, 2.45) is 15.3 Å². The minimum absolute atomic E-state index is 0.100. The smallest absolute Gasteiger partial charge is 0.157 e. The molecule has 12 aliphatic heterocycles. The molecule has 0 bridgehead atoms. The second kappa shape index (κ2) is 33.9. The van der Waals surface area contributed by atoms with Gasteiger partial charge >= 0.3 is 0 Å². The minimum atomic E-state index is -0.176. The Labute approximate surface area is 747 Å². The maximum atomic E-state index is 7.45. The molecule has 704 valence electrons. The van der Waals surface area contributed by atoms with Gasteiger partial charge in [0.25, 0.3) is 0 Å². The predicted octanol–water partition coefficient (Wildman–Crippen LogP) is 13.7. The Morgan fingerprint density at radius 3 is 0.650 bits per heavy atom. The average Bonchev–Trinajstić information content (AvgIpc) is 0.759. The third-order valence-electron chi connectivity index (χ3n) is 27.6. The van der Waals surface area contributed by atoms with Crippen LogP contribution >= 0.6 is 0 Å². The van der Waals surface area contributed by atoms with Gasteiger partial charge in [0.1, 0.15) is 17.5 Å². The van der Waals surface area contributed by atoms with Gasteiger partial charge in [-0.15, -0.1) is 15.3 Å². The van der Waals surface area contributed by atoms with Crippen LogP contribution in [0.3, 0.4) is 0 Å². The Morgan fingerprint density at radius 1 is 0.268 bits per heavy atom. The Morgan fingerprint density at radius 2 is 0.447 bits per heavy atom. The standard InChI is InChI=1S/C96H182N24O3/c1-79(2)46-64(47-80(3,4)105-79)115(65-48-81(5,6)106-82(7,8)49-65)76-43-73(99-118(102-76)121-70-58-91(25,26)111-92(27,28)59-70)97-39-37-41-114(75-45-78(104-120(101-75)123-72-62-95(33,34)113-96(35,36)63-72)117(68-54-87(17,18)109-88(19,20)55-68)69-56-89(21,22)110-90(23,24)57-69)42-38-40-98-74-44-77(103-119(100-74)122-71-60-93(29,30)112-94(31,32)61-71)116(66-50-83(9,10)107-84(11,12)51-66)67-52-85(13,14)108-86(15,16)53-67/h43-45,64-72,97-101,105-113H,37-42,46-63H2,1-36H3. The van der Waals surface area contributed by atoms with Crippen molar-refractivity contribution in [1.29, 1.82) is 0 Å². The van der Waals surface area contributed by atoms with E-state index in [1.54, 1.807) is 15.8 Å². The van der Waals surface area contributed by atoms with Crippen LogP contribution in [0.15, 0.2) is 51.0 Å². The van der Waals surface area contributed by atoms with E-state index in [2.05, 4.69) is 362 Å². The van der Waals surface area contributed by atoms with Crippen LogP contribution in [0.2, 0.25) is 0 Å². The quantitative estimate of drug-likeness (QED) is 0.0424. The number of hydrazine groups is 3. The molecule has 0 aromatic carbocycles. The van der Waals surface area contributed by atoms with E-state index < -0.39 is 0 Å². The number of nitrogens with zero attached hydrogens (tertiary/aromatic N) is 10. The zero-order valence-electron chi connectivity index (χ0n) is 84.6. The number of hydrogen-bond donors (Lipinski definition) is 14. The first-order valence-electron chi connectivity index (χ1n) is 48.2. The molecule has 27 nitrogen and oxygen atoms in total. The topological polar surface area (TPSA) is 256 Å². The summed E-state index contributed by atoms with van der Waals surface area (Å²) in [5.74, 6) is 5.45. The van der Waals surface area contributed by atoms with E-state index in [-0.39, 0.29) is 154 Å². The lowest BCUT2D eigenvalue weighted by Gasteiger charge is -2.56. The summed E-state index contributed by atoms with van der Waals surface area (Å²) in [6.45, 7) is 87.5. The molecule has 12 heterocycles. The van der Waals surface area contributed by atoms with Gasteiger partial charge in [0.15, 0.2) is 17.5 Å². The van der Waals surface area contributed by atoms with E-state index in [1.165, 1.54) is 0 Å². The first-order chi connectivity index (χ1) is 55.8. The number of hydrogen-bond acceptors (Lipinski definition) is 27. The molecular weight excluding hydrogens is 1540 g/mol. The fourth-order valence-electron chi connectivity index (χ4n) is 27.6. The Kier molecular flexibility index (Phi) is 26.9. The van der Waals surface area contributed by atoms with Gasteiger partial charge in [0, 0.05) is 180 Å². The minimum Gasteiger partial charge on any atom is -0.370 e. The summed E-state index contributed by atoms with van der Waals surface area (Å²) in [5, 5.41) is 66.5. The van der Waals surface area contributed by atoms with Crippen molar-refractivity contribution in [1.82, 2.24) is 110 Å². The molecule has 27 heteroatoms. The summed E-state index contributed by atoms with van der Waals surface area (Å²) in [4.78, 5) is 32.7. The zero-order chi connectivity index (χ0) is 90.9. The van der Waals surface area contributed by atoms with Gasteiger partial charge in [0.2, 0.25) is 0 Å². The summed E-state index contributed by atoms with van der Waals surface area (Å²) in [5.41, 5.74) is 9.02. The summed E-state index contributed by atoms with van der Waals surface area (Å²) < 4.78 is 0. The maximum Gasteiger partial charge on any atom is 0.157 e. The molecule has 9 fully saturated rings. The molecule has 0 amide bonds. The van der Waals surface area contributed by atoms with Gasteiger partial charge in [-0.05, 0) is 378 Å². The number of nitrogens with one attached hydrogen (secondary N) is 14. The van der Waals surface area contributed by atoms with Gasteiger partial charge in [-0.1, -0.05) is 15.8 Å². The fraction of sp³-hybridized carbons (Fsp3) is 0.906. The van der Waals surface area contributed by atoms with Crippen molar-refractivity contribution in [3.8, 4) is 0 Å². The lowest BCUT2D eigenvalue weighted by atomic mass is 9.75. The normalized spacial score (nSPS) is 29.5. The fourth-order valence-corrected chi connectivity index (χ4v) is 27.6. The molecule has 123 heavy (non-hydrogen) atoms. The highest BCUT2D eigenvalue weighted by Crippen LogP contribution is 2.45. The molecule has 0 unspecified atom stereocenters. The third-order valence-corrected chi connectivity index (χ3v) is 27.6. The highest BCUT2D eigenvalue weighted by molar-refractivity contribution is 5.95. The molecule has 0 aliphatic carbocycles. The van der Waals surface area contributed by atoms with Gasteiger partial charge in [0.05, 0.1) is 18.3 Å². The summed E-state index contributed by atoms with van der Waals surface area (Å²) >= 11 is 0. The number of hydrazone groups is 3. The van der Waals surface area contributed by atoms with Crippen molar-refractivity contribution in [2.45, 2.75) is 532 Å². The molecule has 0 radical (unpaired) electrons.